The number of hydrogen-bond donors (Lipinski definition) is 0. The molecule has 0 N–H and O–H groups in total. The minimum atomic E-state index is 0.245. The zero-order chi connectivity index (χ0) is 15.8. The number of nitrogens with zero attached hydrogens (tertiary/aromatic N) is 1. The van der Waals surface area contributed by atoms with Crippen molar-refractivity contribution in [1.82, 2.24) is 4.57 Å². The largest absolute Gasteiger partial charge is 0.337 e. The van der Waals surface area contributed by atoms with E-state index in [2.05, 4.69) is 53.3 Å². The van der Waals surface area contributed by atoms with E-state index in [1.165, 1.54) is 4.90 Å². The molecule has 0 radical (unpaired) electrons. The van der Waals surface area contributed by atoms with E-state index in [0.29, 0.717) is 6.42 Å². The first-order chi connectivity index (χ1) is 11.3. The van der Waals surface area contributed by atoms with Crippen molar-refractivity contribution in [3.05, 3.63) is 66.4 Å². The van der Waals surface area contributed by atoms with Gasteiger partial charge < -0.3 is 4.57 Å². The summed E-state index contributed by atoms with van der Waals surface area (Å²) in [6.45, 7) is 0.779. The molecule has 23 heavy (non-hydrogen) atoms. The summed E-state index contributed by atoms with van der Waals surface area (Å²) >= 11 is 1.74. The van der Waals surface area contributed by atoms with Gasteiger partial charge in [0, 0.05) is 23.4 Å². The summed E-state index contributed by atoms with van der Waals surface area (Å²) in [4.78, 5) is 13.4. The highest BCUT2D eigenvalue weighted by Crippen LogP contribution is 2.38. The van der Waals surface area contributed by atoms with Gasteiger partial charge in [-0.25, -0.2) is 0 Å². The maximum Gasteiger partial charge on any atom is 0.181 e. The van der Waals surface area contributed by atoms with E-state index in [9.17, 15) is 4.79 Å². The second kappa shape index (κ2) is 5.74. The van der Waals surface area contributed by atoms with Crippen molar-refractivity contribution in [2.45, 2.75) is 17.9 Å². The molecule has 3 heteroatoms. The van der Waals surface area contributed by atoms with Crippen molar-refractivity contribution < 1.29 is 4.79 Å². The normalized spacial score (nSPS) is 13.3. The van der Waals surface area contributed by atoms with Gasteiger partial charge in [-0.1, -0.05) is 42.5 Å². The van der Waals surface area contributed by atoms with Crippen LogP contribution in [0.3, 0.4) is 0 Å². The number of benzene rings is 2. The Morgan fingerprint density at radius 3 is 2.39 bits per heavy atom. The molecule has 0 saturated carbocycles. The fourth-order valence-electron chi connectivity index (χ4n) is 3.25. The summed E-state index contributed by atoms with van der Waals surface area (Å²) in [6.07, 6.45) is 2.69. The van der Waals surface area contributed by atoms with Crippen molar-refractivity contribution in [3.63, 3.8) is 0 Å². The molecule has 0 bridgehead atoms. The molecule has 4 rings (SSSR count). The van der Waals surface area contributed by atoms with Crippen LogP contribution in [-0.2, 0) is 6.54 Å². The SMILES string of the molecule is CSc1ccc(-c2cc3n(c2-c2ccccc2)CCC3=O)cc1. The van der Waals surface area contributed by atoms with E-state index >= 15 is 0 Å². The Kier molecular flexibility index (Phi) is 3.58. The van der Waals surface area contributed by atoms with Crippen LogP contribution in [-0.4, -0.2) is 16.6 Å². The number of ketones is 1. The van der Waals surface area contributed by atoms with Crippen LogP contribution < -0.4 is 0 Å². The van der Waals surface area contributed by atoms with Gasteiger partial charge in [0.2, 0.25) is 0 Å². The number of hydrogen-bond acceptors (Lipinski definition) is 2. The number of carbonyl (C=O) groups is 1. The smallest absolute Gasteiger partial charge is 0.181 e. The molecule has 2 aromatic carbocycles. The third kappa shape index (κ3) is 2.41. The fraction of sp³-hybridized carbons (Fsp3) is 0.150. The summed E-state index contributed by atoms with van der Waals surface area (Å²) in [5, 5.41) is 0. The molecule has 0 fully saturated rings. The summed E-state index contributed by atoms with van der Waals surface area (Å²) in [5.74, 6) is 0.245. The highest BCUT2D eigenvalue weighted by atomic mass is 32.2. The summed E-state index contributed by atoms with van der Waals surface area (Å²) in [6, 6.07) is 21.0. The Balaban J connectivity index is 1.92. The molecule has 0 atom stereocenters. The van der Waals surface area contributed by atoms with E-state index in [1.807, 2.05) is 18.2 Å². The van der Waals surface area contributed by atoms with Crippen LogP contribution in [0, 0.1) is 0 Å². The zero-order valence-electron chi connectivity index (χ0n) is 13.0. The minimum absolute atomic E-state index is 0.245. The Bertz CT molecular complexity index is 863. The van der Waals surface area contributed by atoms with Gasteiger partial charge in [0.15, 0.2) is 5.78 Å². The first-order valence-electron chi connectivity index (χ1n) is 7.74. The lowest BCUT2D eigenvalue weighted by molar-refractivity contribution is 0.0994. The first-order valence-corrected chi connectivity index (χ1v) is 8.97. The van der Waals surface area contributed by atoms with Crippen molar-refractivity contribution in [1.29, 1.82) is 0 Å². The molecule has 1 aliphatic heterocycles. The molecule has 3 aromatic rings. The van der Waals surface area contributed by atoms with Gasteiger partial charge in [-0.2, -0.15) is 0 Å². The predicted octanol–water partition coefficient (Wildman–Crippen LogP) is 5.13. The third-order valence-corrected chi connectivity index (χ3v) is 5.14. The van der Waals surface area contributed by atoms with Crippen LogP contribution in [0.4, 0.5) is 0 Å². The quantitative estimate of drug-likeness (QED) is 0.624. The summed E-state index contributed by atoms with van der Waals surface area (Å²) in [7, 11) is 0. The lowest BCUT2D eigenvalue weighted by Crippen LogP contribution is -1.96. The van der Waals surface area contributed by atoms with E-state index in [-0.39, 0.29) is 5.78 Å². The Morgan fingerprint density at radius 1 is 0.957 bits per heavy atom. The fourth-order valence-corrected chi connectivity index (χ4v) is 3.66. The maximum absolute atomic E-state index is 12.2. The van der Waals surface area contributed by atoms with Gasteiger partial charge in [-0.15, -0.1) is 11.8 Å². The second-order valence-corrected chi connectivity index (χ2v) is 6.59. The van der Waals surface area contributed by atoms with E-state index < -0.39 is 0 Å². The van der Waals surface area contributed by atoms with Crippen LogP contribution >= 0.6 is 11.8 Å². The average molecular weight is 319 g/mol. The molecule has 2 nitrogen and oxygen atoms in total. The van der Waals surface area contributed by atoms with Gasteiger partial charge in [-0.05, 0) is 35.6 Å². The van der Waals surface area contributed by atoms with E-state index in [0.717, 1.165) is 34.6 Å². The van der Waals surface area contributed by atoms with Gasteiger partial charge in [0.25, 0.3) is 0 Å². The van der Waals surface area contributed by atoms with Crippen molar-refractivity contribution >= 4 is 17.5 Å². The lowest BCUT2D eigenvalue weighted by Gasteiger charge is -2.10. The average Bonchev–Trinajstić information content (AvgIpc) is 3.16. The maximum atomic E-state index is 12.2. The summed E-state index contributed by atoms with van der Waals surface area (Å²) in [5.41, 5.74) is 5.47. The molecule has 1 aromatic heterocycles. The van der Waals surface area contributed by atoms with Gasteiger partial charge >= 0.3 is 0 Å². The van der Waals surface area contributed by atoms with E-state index in [1.54, 1.807) is 11.8 Å². The highest BCUT2D eigenvalue weighted by molar-refractivity contribution is 7.98. The highest BCUT2D eigenvalue weighted by Gasteiger charge is 2.26. The molecular formula is C20H17NOS. The summed E-state index contributed by atoms with van der Waals surface area (Å²) < 4.78 is 2.18. The molecule has 0 saturated heterocycles. The lowest BCUT2D eigenvalue weighted by atomic mass is 10.0. The molecular weight excluding hydrogens is 302 g/mol. The number of thioether (sulfide) groups is 1. The van der Waals surface area contributed by atoms with Gasteiger partial charge in [-0.3, -0.25) is 4.79 Å². The Hall–Kier alpha value is -2.26. The molecule has 2 heterocycles. The molecule has 0 spiro atoms. The number of Topliss-reactive ketones (excluding diaryl/α,β-unsaturated/α-hetero) is 1. The van der Waals surface area contributed by atoms with Crippen LogP contribution in [0.5, 0.6) is 0 Å². The van der Waals surface area contributed by atoms with Crippen molar-refractivity contribution in [2.24, 2.45) is 0 Å². The number of aromatic nitrogens is 1. The topological polar surface area (TPSA) is 22.0 Å². The zero-order valence-corrected chi connectivity index (χ0v) is 13.8. The minimum Gasteiger partial charge on any atom is -0.337 e. The second-order valence-electron chi connectivity index (χ2n) is 5.71. The van der Waals surface area contributed by atoms with Gasteiger partial charge in [0.05, 0.1) is 11.4 Å². The molecule has 0 amide bonds. The first kappa shape index (κ1) is 14.3. The number of fused-ring (bicyclic) bond motifs is 1. The van der Waals surface area contributed by atoms with E-state index in [4.69, 9.17) is 0 Å². The Morgan fingerprint density at radius 2 is 1.70 bits per heavy atom. The molecule has 0 aliphatic carbocycles. The molecule has 114 valence electrons. The molecule has 1 aliphatic rings. The van der Waals surface area contributed by atoms with Crippen molar-refractivity contribution in [2.75, 3.05) is 6.26 Å². The van der Waals surface area contributed by atoms with Crippen LogP contribution in [0.1, 0.15) is 16.9 Å². The Labute approximate surface area is 140 Å². The number of carbonyl (C=O) groups excluding carboxylic acids is 1. The third-order valence-electron chi connectivity index (χ3n) is 4.39. The van der Waals surface area contributed by atoms with Crippen molar-refractivity contribution in [3.8, 4) is 22.4 Å². The number of rotatable bonds is 3. The predicted molar refractivity (Wildman–Crippen MR) is 96.0 cm³/mol. The molecule has 0 unspecified atom stereocenters. The monoisotopic (exact) mass is 319 g/mol. The van der Waals surface area contributed by atoms with Crippen LogP contribution in [0.2, 0.25) is 0 Å². The van der Waals surface area contributed by atoms with Crippen LogP contribution in [0.25, 0.3) is 22.4 Å². The van der Waals surface area contributed by atoms with Crippen LogP contribution in [0.15, 0.2) is 65.6 Å². The van der Waals surface area contributed by atoms with Gasteiger partial charge in [0.1, 0.15) is 0 Å². The standard InChI is InChI=1S/C20H17NOS/c1-23-16-9-7-14(8-10-16)17-13-18-19(22)11-12-21(18)20(17)15-5-3-2-4-6-15/h2-10,13H,11-12H2,1H3.